The van der Waals surface area contributed by atoms with Gasteiger partial charge in [-0.3, -0.25) is 0 Å². The van der Waals surface area contributed by atoms with Crippen LogP contribution in [0.3, 0.4) is 0 Å². The number of hydrogen-bond donors (Lipinski definition) is 1. The summed E-state index contributed by atoms with van der Waals surface area (Å²) < 4.78 is 5.25. The van der Waals surface area contributed by atoms with Gasteiger partial charge in [0.05, 0.1) is 0 Å². The molecule has 0 spiro atoms. The highest BCUT2D eigenvalue weighted by Gasteiger charge is 2.10. The van der Waals surface area contributed by atoms with E-state index in [0.717, 1.165) is 12.2 Å². The van der Waals surface area contributed by atoms with Gasteiger partial charge in [-0.2, -0.15) is 4.98 Å². The Bertz CT molecular complexity index is 548. The Hall–Kier alpha value is -1.68. The van der Waals surface area contributed by atoms with Gasteiger partial charge in [0.1, 0.15) is 0 Å². The van der Waals surface area contributed by atoms with E-state index in [0.29, 0.717) is 24.8 Å². The van der Waals surface area contributed by atoms with Gasteiger partial charge in [-0.1, -0.05) is 30.3 Å². The second kappa shape index (κ2) is 5.97. The molecule has 102 valence electrons. The average Bonchev–Trinajstić information content (AvgIpc) is 2.81. The number of benzene rings is 1. The van der Waals surface area contributed by atoms with Gasteiger partial charge in [0.25, 0.3) is 0 Å². The average molecular weight is 259 g/mol. The van der Waals surface area contributed by atoms with Crippen LogP contribution in [0, 0.1) is 19.8 Å². The minimum Gasteiger partial charge on any atom is -0.339 e. The topological polar surface area (TPSA) is 64.9 Å². The van der Waals surface area contributed by atoms with Gasteiger partial charge in [0, 0.05) is 12.8 Å². The van der Waals surface area contributed by atoms with Crippen molar-refractivity contribution in [3.8, 4) is 0 Å². The van der Waals surface area contributed by atoms with Crippen LogP contribution in [0.2, 0.25) is 0 Å². The molecule has 1 atom stereocenters. The normalized spacial score (nSPS) is 12.6. The number of rotatable bonds is 5. The smallest absolute Gasteiger partial charge is 0.226 e. The summed E-state index contributed by atoms with van der Waals surface area (Å²) in [6, 6.07) is 6.41. The van der Waals surface area contributed by atoms with Crippen molar-refractivity contribution >= 4 is 0 Å². The molecule has 0 bridgehead atoms. The Morgan fingerprint density at radius 2 is 2.05 bits per heavy atom. The third-order valence-corrected chi connectivity index (χ3v) is 3.37. The molecule has 0 aliphatic heterocycles. The SMILES string of the molecule is Cc1ccc(Cc2noc(CC(C)CN)n2)cc1C. The molecule has 1 heterocycles. The van der Waals surface area contributed by atoms with Gasteiger partial charge < -0.3 is 10.3 Å². The minimum atomic E-state index is 0.370. The summed E-state index contributed by atoms with van der Waals surface area (Å²) in [5.41, 5.74) is 9.39. The number of aryl methyl sites for hydroxylation is 2. The predicted octanol–water partition coefficient (Wildman–Crippen LogP) is 2.41. The highest BCUT2D eigenvalue weighted by Crippen LogP contribution is 2.13. The third-order valence-electron chi connectivity index (χ3n) is 3.37. The molecule has 0 amide bonds. The van der Waals surface area contributed by atoms with E-state index in [9.17, 15) is 0 Å². The molecule has 1 aromatic carbocycles. The van der Waals surface area contributed by atoms with Crippen LogP contribution in [0.5, 0.6) is 0 Å². The van der Waals surface area contributed by atoms with Crippen LogP contribution in [0.1, 0.15) is 35.3 Å². The first-order valence-corrected chi connectivity index (χ1v) is 6.66. The Labute approximate surface area is 114 Å². The Morgan fingerprint density at radius 3 is 2.74 bits per heavy atom. The zero-order valence-electron chi connectivity index (χ0n) is 11.8. The van der Waals surface area contributed by atoms with Crippen LogP contribution in [-0.2, 0) is 12.8 Å². The van der Waals surface area contributed by atoms with Crippen molar-refractivity contribution in [1.82, 2.24) is 10.1 Å². The Balaban J connectivity index is 2.05. The van der Waals surface area contributed by atoms with E-state index in [1.54, 1.807) is 0 Å². The van der Waals surface area contributed by atoms with E-state index in [-0.39, 0.29) is 0 Å². The number of nitrogens with zero attached hydrogens (tertiary/aromatic N) is 2. The maximum absolute atomic E-state index is 5.59. The van der Waals surface area contributed by atoms with E-state index >= 15 is 0 Å². The number of aromatic nitrogens is 2. The van der Waals surface area contributed by atoms with Gasteiger partial charge in [-0.05, 0) is 43.0 Å². The van der Waals surface area contributed by atoms with Crippen molar-refractivity contribution in [2.45, 2.75) is 33.6 Å². The summed E-state index contributed by atoms with van der Waals surface area (Å²) in [4.78, 5) is 4.41. The fourth-order valence-electron chi connectivity index (χ4n) is 1.92. The maximum Gasteiger partial charge on any atom is 0.226 e. The van der Waals surface area contributed by atoms with Gasteiger partial charge in [-0.15, -0.1) is 0 Å². The lowest BCUT2D eigenvalue weighted by atomic mass is 10.0. The molecule has 0 aliphatic rings. The molecule has 2 N–H and O–H groups in total. The standard InChI is InChI=1S/C15H21N3O/c1-10(9-16)6-15-17-14(18-19-15)8-13-5-4-11(2)12(3)7-13/h4-5,7,10H,6,8-9,16H2,1-3H3. The van der Waals surface area contributed by atoms with E-state index in [1.807, 2.05) is 0 Å². The van der Waals surface area contributed by atoms with Crippen molar-refractivity contribution < 1.29 is 4.52 Å². The quantitative estimate of drug-likeness (QED) is 0.895. The molecule has 0 saturated heterocycles. The Kier molecular flexibility index (Phi) is 4.32. The summed E-state index contributed by atoms with van der Waals surface area (Å²) in [6.45, 7) is 6.94. The van der Waals surface area contributed by atoms with Crippen molar-refractivity contribution in [1.29, 1.82) is 0 Å². The summed E-state index contributed by atoms with van der Waals surface area (Å²) >= 11 is 0. The summed E-state index contributed by atoms with van der Waals surface area (Å²) in [6.07, 6.45) is 1.46. The van der Waals surface area contributed by atoms with Crippen molar-refractivity contribution in [2.24, 2.45) is 11.7 Å². The maximum atomic E-state index is 5.59. The van der Waals surface area contributed by atoms with Crippen LogP contribution in [-0.4, -0.2) is 16.7 Å². The van der Waals surface area contributed by atoms with Crippen LogP contribution in [0.25, 0.3) is 0 Å². The van der Waals surface area contributed by atoms with Crippen molar-refractivity contribution in [3.05, 3.63) is 46.6 Å². The van der Waals surface area contributed by atoms with Crippen LogP contribution in [0.4, 0.5) is 0 Å². The molecule has 1 unspecified atom stereocenters. The van der Waals surface area contributed by atoms with Gasteiger partial charge >= 0.3 is 0 Å². The van der Waals surface area contributed by atoms with Gasteiger partial charge in [0.15, 0.2) is 5.82 Å². The Morgan fingerprint density at radius 1 is 1.26 bits per heavy atom. The highest BCUT2D eigenvalue weighted by molar-refractivity contribution is 5.31. The molecule has 1 aromatic heterocycles. The third kappa shape index (κ3) is 3.64. The molecule has 0 radical (unpaired) electrons. The molecule has 2 rings (SSSR count). The van der Waals surface area contributed by atoms with E-state index in [1.165, 1.54) is 16.7 Å². The summed E-state index contributed by atoms with van der Waals surface area (Å²) in [5.74, 6) is 1.79. The first-order valence-electron chi connectivity index (χ1n) is 6.66. The zero-order chi connectivity index (χ0) is 13.8. The molecular weight excluding hydrogens is 238 g/mol. The molecule has 19 heavy (non-hydrogen) atoms. The molecular formula is C15H21N3O. The van der Waals surface area contributed by atoms with Crippen molar-refractivity contribution in [2.75, 3.05) is 6.54 Å². The van der Waals surface area contributed by atoms with E-state index in [4.69, 9.17) is 10.3 Å². The van der Waals surface area contributed by atoms with Gasteiger partial charge in [-0.25, -0.2) is 0 Å². The van der Waals surface area contributed by atoms with Crippen LogP contribution < -0.4 is 5.73 Å². The molecule has 2 aromatic rings. The van der Waals surface area contributed by atoms with Gasteiger partial charge in [0.2, 0.25) is 5.89 Å². The lowest BCUT2D eigenvalue weighted by Crippen LogP contribution is -2.13. The fourth-order valence-corrected chi connectivity index (χ4v) is 1.92. The molecule has 4 heteroatoms. The summed E-state index contributed by atoms with van der Waals surface area (Å²) in [5, 5.41) is 4.02. The lowest BCUT2D eigenvalue weighted by molar-refractivity contribution is 0.356. The second-order valence-corrected chi connectivity index (χ2v) is 5.24. The minimum absolute atomic E-state index is 0.370. The predicted molar refractivity (Wildman–Crippen MR) is 74.9 cm³/mol. The fraction of sp³-hybridized carbons (Fsp3) is 0.467. The van der Waals surface area contributed by atoms with E-state index < -0.39 is 0 Å². The number of nitrogens with two attached hydrogens (primary N) is 1. The molecule has 0 aliphatic carbocycles. The molecule has 0 fully saturated rings. The van der Waals surface area contributed by atoms with Crippen molar-refractivity contribution in [3.63, 3.8) is 0 Å². The molecule has 4 nitrogen and oxygen atoms in total. The summed E-state index contributed by atoms with van der Waals surface area (Å²) in [7, 11) is 0. The molecule has 0 saturated carbocycles. The van der Waals surface area contributed by atoms with E-state index in [2.05, 4.69) is 49.1 Å². The first-order chi connectivity index (χ1) is 9.08. The number of hydrogen-bond acceptors (Lipinski definition) is 4. The first kappa shape index (κ1) is 13.7. The zero-order valence-corrected chi connectivity index (χ0v) is 11.8. The monoisotopic (exact) mass is 259 g/mol. The van der Waals surface area contributed by atoms with Crippen LogP contribution in [0.15, 0.2) is 22.7 Å². The largest absolute Gasteiger partial charge is 0.339 e. The lowest BCUT2D eigenvalue weighted by Gasteiger charge is -2.03. The highest BCUT2D eigenvalue weighted by atomic mass is 16.5. The second-order valence-electron chi connectivity index (χ2n) is 5.24. The van der Waals surface area contributed by atoms with Crippen LogP contribution >= 0.6 is 0 Å².